The Labute approximate surface area is 109 Å². The first kappa shape index (κ1) is 14.8. The molecule has 1 fully saturated rings. The average molecular weight is 256 g/mol. The van der Waals surface area contributed by atoms with E-state index in [9.17, 15) is 9.59 Å². The van der Waals surface area contributed by atoms with E-state index in [1.165, 1.54) is 0 Å². The third kappa shape index (κ3) is 3.89. The fourth-order valence-corrected chi connectivity index (χ4v) is 2.93. The fraction of sp³-hybridized carbons (Fsp3) is 0.846. The molecule has 0 heterocycles. The van der Waals surface area contributed by atoms with Crippen LogP contribution in [0.3, 0.4) is 0 Å². The van der Waals surface area contributed by atoms with Crippen LogP contribution in [0, 0.1) is 0 Å². The molecule has 2 N–H and O–H groups in total. The van der Waals surface area contributed by atoms with Crippen LogP contribution in [0.4, 0.5) is 4.79 Å². The highest BCUT2D eigenvalue weighted by Gasteiger charge is 2.34. The second-order valence-electron chi connectivity index (χ2n) is 6.01. The SMILES string of the molecule is CC(=O)N(C1CCC(NC(=O)O)CC1)C(C)(C)C. The molecular weight excluding hydrogens is 232 g/mol. The van der Waals surface area contributed by atoms with Gasteiger partial charge in [0.15, 0.2) is 0 Å². The van der Waals surface area contributed by atoms with Crippen LogP contribution >= 0.6 is 0 Å². The van der Waals surface area contributed by atoms with Gasteiger partial charge in [-0.1, -0.05) is 0 Å². The van der Waals surface area contributed by atoms with Crippen LogP contribution in [0.5, 0.6) is 0 Å². The first-order valence-corrected chi connectivity index (χ1v) is 6.51. The molecule has 0 atom stereocenters. The van der Waals surface area contributed by atoms with Gasteiger partial charge in [-0.3, -0.25) is 4.79 Å². The summed E-state index contributed by atoms with van der Waals surface area (Å²) in [5.74, 6) is 0.0946. The normalized spacial score (nSPS) is 24.4. The van der Waals surface area contributed by atoms with Crippen molar-refractivity contribution in [3.63, 3.8) is 0 Å². The summed E-state index contributed by atoms with van der Waals surface area (Å²) in [6.45, 7) is 7.72. The van der Waals surface area contributed by atoms with E-state index in [2.05, 4.69) is 5.32 Å². The average Bonchev–Trinajstić information content (AvgIpc) is 2.17. The Bertz CT molecular complexity index is 315. The Morgan fingerprint density at radius 2 is 1.67 bits per heavy atom. The minimum absolute atomic E-state index is 0.0347. The maximum absolute atomic E-state index is 11.8. The summed E-state index contributed by atoms with van der Waals surface area (Å²) in [5, 5.41) is 11.2. The van der Waals surface area contributed by atoms with Gasteiger partial charge >= 0.3 is 6.09 Å². The monoisotopic (exact) mass is 256 g/mol. The van der Waals surface area contributed by atoms with Gasteiger partial charge in [0.2, 0.25) is 5.91 Å². The van der Waals surface area contributed by atoms with Crippen LogP contribution in [0.15, 0.2) is 0 Å². The molecule has 0 aromatic heterocycles. The summed E-state index contributed by atoms with van der Waals surface area (Å²) in [6.07, 6.45) is 2.37. The molecule has 0 saturated heterocycles. The second-order valence-corrected chi connectivity index (χ2v) is 6.01. The van der Waals surface area contributed by atoms with E-state index in [-0.39, 0.29) is 23.5 Å². The smallest absolute Gasteiger partial charge is 0.404 e. The highest BCUT2D eigenvalue weighted by atomic mass is 16.4. The molecule has 0 aromatic carbocycles. The molecule has 0 aliphatic heterocycles. The van der Waals surface area contributed by atoms with Gasteiger partial charge in [0, 0.05) is 24.5 Å². The van der Waals surface area contributed by atoms with Gasteiger partial charge in [-0.05, 0) is 46.5 Å². The van der Waals surface area contributed by atoms with Crippen molar-refractivity contribution in [2.24, 2.45) is 0 Å². The number of nitrogens with zero attached hydrogens (tertiary/aromatic N) is 1. The van der Waals surface area contributed by atoms with E-state index in [0.29, 0.717) is 0 Å². The van der Waals surface area contributed by atoms with Crippen LogP contribution in [0.2, 0.25) is 0 Å². The van der Waals surface area contributed by atoms with Crippen molar-refractivity contribution >= 4 is 12.0 Å². The van der Waals surface area contributed by atoms with Crippen LogP contribution in [0.1, 0.15) is 53.4 Å². The van der Waals surface area contributed by atoms with Crippen molar-refractivity contribution in [2.75, 3.05) is 0 Å². The van der Waals surface area contributed by atoms with Gasteiger partial charge in [-0.15, -0.1) is 0 Å². The molecule has 1 aliphatic carbocycles. The Balaban J connectivity index is 2.60. The molecule has 0 spiro atoms. The molecule has 1 rings (SSSR count). The van der Waals surface area contributed by atoms with Crippen molar-refractivity contribution in [3.8, 4) is 0 Å². The van der Waals surface area contributed by atoms with Crippen molar-refractivity contribution < 1.29 is 14.7 Å². The standard InChI is InChI=1S/C13H24N2O3/c1-9(16)15(13(2,3)4)11-7-5-10(6-8-11)14-12(17)18/h10-11,14H,5-8H2,1-4H3,(H,17,18). The van der Waals surface area contributed by atoms with E-state index >= 15 is 0 Å². The summed E-state index contributed by atoms with van der Waals surface area (Å²) in [4.78, 5) is 24.3. The lowest BCUT2D eigenvalue weighted by molar-refractivity contribution is -0.137. The lowest BCUT2D eigenvalue weighted by atomic mass is 9.87. The molecule has 5 heteroatoms. The molecule has 104 valence electrons. The number of nitrogens with one attached hydrogen (secondary N) is 1. The second kappa shape index (κ2) is 5.59. The quantitative estimate of drug-likeness (QED) is 0.796. The maximum atomic E-state index is 11.8. The number of rotatable bonds is 2. The van der Waals surface area contributed by atoms with Gasteiger partial charge in [-0.25, -0.2) is 4.79 Å². The van der Waals surface area contributed by atoms with E-state index in [1.807, 2.05) is 25.7 Å². The summed E-state index contributed by atoms with van der Waals surface area (Å²) >= 11 is 0. The van der Waals surface area contributed by atoms with Gasteiger partial charge in [0.25, 0.3) is 0 Å². The molecule has 0 unspecified atom stereocenters. The van der Waals surface area contributed by atoms with Crippen molar-refractivity contribution in [1.82, 2.24) is 10.2 Å². The number of hydrogen-bond acceptors (Lipinski definition) is 2. The maximum Gasteiger partial charge on any atom is 0.404 e. The topological polar surface area (TPSA) is 69.6 Å². The number of carbonyl (C=O) groups is 2. The van der Waals surface area contributed by atoms with Crippen molar-refractivity contribution in [2.45, 2.75) is 71.0 Å². The molecule has 0 aromatic rings. The van der Waals surface area contributed by atoms with Crippen LogP contribution in [0.25, 0.3) is 0 Å². The molecule has 1 aliphatic rings. The van der Waals surface area contributed by atoms with Gasteiger partial charge < -0.3 is 15.3 Å². The zero-order valence-electron chi connectivity index (χ0n) is 11.7. The zero-order valence-corrected chi connectivity index (χ0v) is 11.7. The summed E-state index contributed by atoms with van der Waals surface area (Å²) in [7, 11) is 0. The third-order valence-electron chi connectivity index (χ3n) is 3.45. The Morgan fingerprint density at radius 1 is 1.17 bits per heavy atom. The van der Waals surface area contributed by atoms with E-state index in [1.54, 1.807) is 6.92 Å². The first-order chi connectivity index (χ1) is 8.21. The molecule has 2 amide bonds. The lowest BCUT2D eigenvalue weighted by Gasteiger charge is -2.44. The lowest BCUT2D eigenvalue weighted by Crippen LogP contribution is -2.53. The Kier molecular flexibility index (Phi) is 4.59. The zero-order chi connectivity index (χ0) is 13.9. The van der Waals surface area contributed by atoms with E-state index in [4.69, 9.17) is 5.11 Å². The third-order valence-corrected chi connectivity index (χ3v) is 3.45. The van der Waals surface area contributed by atoms with Gasteiger partial charge in [-0.2, -0.15) is 0 Å². The molecular formula is C13H24N2O3. The van der Waals surface area contributed by atoms with Gasteiger partial charge in [0.1, 0.15) is 0 Å². The van der Waals surface area contributed by atoms with Crippen molar-refractivity contribution in [3.05, 3.63) is 0 Å². The summed E-state index contributed by atoms with van der Waals surface area (Å²) in [6, 6.07) is 0.266. The highest BCUT2D eigenvalue weighted by molar-refractivity contribution is 5.74. The predicted molar refractivity (Wildman–Crippen MR) is 69.5 cm³/mol. The molecule has 1 saturated carbocycles. The largest absolute Gasteiger partial charge is 0.465 e. The first-order valence-electron chi connectivity index (χ1n) is 6.51. The van der Waals surface area contributed by atoms with Gasteiger partial charge in [0.05, 0.1) is 0 Å². The number of carboxylic acid groups (broad SMARTS) is 1. The number of amides is 2. The molecule has 0 bridgehead atoms. The van der Waals surface area contributed by atoms with Crippen LogP contribution in [-0.2, 0) is 4.79 Å². The predicted octanol–water partition coefficient (Wildman–Crippen LogP) is 2.21. The van der Waals surface area contributed by atoms with Crippen LogP contribution < -0.4 is 5.32 Å². The van der Waals surface area contributed by atoms with Crippen LogP contribution in [-0.4, -0.2) is 39.6 Å². The van der Waals surface area contributed by atoms with Crippen molar-refractivity contribution in [1.29, 1.82) is 0 Å². The Morgan fingerprint density at radius 3 is 2.00 bits per heavy atom. The van der Waals surface area contributed by atoms with E-state index in [0.717, 1.165) is 25.7 Å². The minimum Gasteiger partial charge on any atom is -0.465 e. The van der Waals surface area contributed by atoms with E-state index < -0.39 is 6.09 Å². The fourth-order valence-electron chi connectivity index (χ4n) is 2.93. The Hall–Kier alpha value is -1.26. The highest BCUT2D eigenvalue weighted by Crippen LogP contribution is 2.28. The number of hydrogen-bond donors (Lipinski definition) is 2. The molecule has 18 heavy (non-hydrogen) atoms. The summed E-state index contributed by atoms with van der Waals surface area (Å²) in [5.41, 5.74) is -0.177. The summed E-state index contributed by atoms with van der Waals surface area (Å²) < 4.78 is 0. The number of carbonyl (C=O) groups excluding carboxylic acids is 1. The molecule has 0 radical (unpaired) electrons. The molecule has 5 nitrogen and oxygen atoms in total. The minimum atomic E-state index is -0.960.